The quantitative estimate of drug-likeness (QED) is 0.394. The van der Waals surface area contributed by atoms with E-state index >= 15 is 0 Å². The minimum Gasteiger partial charge on any atom is -0.296 e. The van der Waals surface area contributed by atoms with E-state index in [2.05, 4.69) is 34.3 Å². The van der Waals surface area contributed by atoms with Gasteiger partial charge in [-0.3, -0.25) is 14.9 Å². The first kappa shape index (κ1) is 18.4. The number of pyridine rings is 1. The highest BCUT2D eigenvalue weighted by molar-refractivity contribution is 5.90. The van der Waals surface area contributed by atoms with Gasteiger partial charge in [-0.15, -0.1) is 0 Å². The Bertz CT molecular complexity index is 978. The summed E-state index contributed by atoms with van der Waals surface area (Å²) in [4.78, 5) is 13.6. The number of hydrogen-bond acceptors (Lipinski definition) is 4. The average Bonchev–Trinajstić information content (AvgIpc) is 3.37. The van der Waals surface area contributed by atoms with Crippen molar-refractivity contribution in [1.29, 1.82) is 0 Å². The monoisotopic (exact) mass is 376 g/mol. The topological polar surface area (TPSA) is 69.9 Å². The smallest absolute Gasteiger partial charge is 0.267 e. The number of aromatic nitrogens is 2. The van der Waals surface area contributed by atoms with Crippen molar-refractivity contribution in [3.8, 4) is 0 Å². The molecule has 6 nitrogen and oxygen atoms in total. The van der Waals surface area contributed by atoms with E-state index in [1.807, 2.05) is 35.1 Å². The number of hydroxylamine groups is 1. The van der Waals surface area contributed by atoms with Crippen molar-refractivity contribution in [2.45, 2.75) is 25.3 Å². The van der Waals surface area contributed by atoms with E-state index in [9.17, 15) is 4.79 Å². The van der Waals surface area contributed by atoms with Crippen LogP contribution in [0.1, 0.15) is 35.6 Å². The molecule has 144 valence electrons. The summed E-state index contributed by atoms with van der Waals surface area (Å²) in [6, 6.07) is 14.9. The van der Waals surface area contributed by atoms with E-state index in [0.717, 1.165) is 31.5 Å². The van der Waals surface area contributed by atoms with Crippen molar-refractivity contribution in [3.05, 3.63) is 77.6 Å². The van der Waals surface area contributed by atoms with Gasteiger partial charge in [-0.1, -0.05) is 30.3 Å². The van der Waals surface area contributed by atoms with E-state index in [0.29, 0.717) is 6.04 Å². The van der Waals surface area contributed by atoms with Crippen molar-refractivity contribution in [2.75, 3.05) is 13.1 Å². The molecule has 0 saturated carbocycles. The maximum absolute atomic E-state index is 11.1. The van der Waals surface area contributed by atoms with Gasteiger partial charge < -0.3 is 0 Å². The molecule has 28 heavy (non-hydrogen) atoms. The first-order chi connectivity index (χ1) is 13.7. The Labute approximate surface area is 164 Å². The number of hydrogen-bond donors (Lipinski definition) is 2. The van der Waals surface area contributed by atoms with Crippen LogP contribution in [0, 0.1) is 0 Å². The highest BCUT2D eigenvalue weighted by Crippen LogP contribution is 2.32. The molecule has 0 radical (unpaired) electrons. The summed E-state index contributed by atoms with van der Waals surface area (Å²) in [5.74, 6) is -0.529. The second-order valence-electron chi connectivity index (χ2n) is 7.12. The summed E-state index contributed by atoms with van der Waals surface area (Å²) in [7, 11) is 0. The standard InChI is InChI=1S/C22H24N4O2/c27-22(24-28)11-8-17-6-9-18(10-7-17)20-5-3-13-25(20)15-12-19-16-23-26-14-2-1-4-21(19)26/h1-2,4,6-11,14,16,20,28H,3,5,12-13,15H2,(H,24,27)/b11-8+/t20-/m0/s1. The third kappa shape index (κ3) is 3.98. The van der Waals surface area contributed by atoms with E-state index in [-0.39, 0.29) is 0 Å². The number of likely N-dealkylation sites (tertiary alicyclic amines) is 1. The largest absolute Gasteiger partial charge is 0.296 e. The molecule has 1 amide bonds. The zero-order chi connectivity index (χ0) is 19.3. The van der Waals surface area contributed by atoms with Crippen LogP contribution in [-0.2, 0) is 11.2 Å². The molecule has 4 rings (SSSR count). The molecule has 1 fully saturated rings. The van der Waals surface area contributed by atoms with Gasteiger partial charge in [-0.25, -0.2) is 10.00 Å². The predicted octanol–water partition coefficient (Wildman–Crippen LogP) is 3.23. The van der Waals surface area contributed by atoms with Crippen LogP contribution in [0.2, 0.25) is 0 Å². The molecule has 0 spiro atoms. The Morgan fingerprint density at radius 3 is 2.93 bits per heavy atom. The lowest BCUT2D eigenvalue weighted by Crippen LogP contribution is -2.25. The minimum absolute atomic E-state index is 0.431. The number of benzene rings is 1. The first-order valence-corrected chi connectivity index (χ1v) is 9.62. The fourth-order valence-corrected chi connectivity index (χ4v) is 3.95. The predicted molar refractivity (Wildman–Crippen MR) is 108 cm³/mol. The third-order valence-electron chi connectivity index (χ3n) is 5.40. The summed E-state index contributed by atoms with van der Waals surface area (Å²) < 4.78 is 1.93. The summed E-state index contributed by atoms with van der Waals surface area (Å²) in [5, 5.41) is 13.0. The van der Waals surface area contributed by atoms with Crippen molar-refractivity contribution >= 4 is 17.5 Å². The van der Waals surface area contributed by atoms with Gasteiger partial charge in [0.2, 0.25) is 0 Å². The molecule has 1 aliphatic rings. The van der Waals surface area contributed by atoms with Crippen LogP contribution in [0.15, 0.2) is 60.9 Å². The van der Waals surface area contributed by atoms with Gasteiger partial charge in [-0.2, -0.15) is 5.10 Å². The number of nitrogens with zero attached hydrogens (tertiary/aromatic N) is 3. The Balaban J connectivity index is 1.42. The molecule has 0 aliphatic carbocycles. The molecule has 3 aromatic rings. The second-order valence-corrected chi connectivity index (χ2v) is 7.12. The second kappa shape index (κ2) is 8.37. The van der Waals surface area contributed by atoms with Crippen LogP contribution in [0.4, 0.5) is 0 Å². The minimum atomic E-state index is -0.529. The van der Waals surface area contributed by atoms with Crippen LogP contribution in [-0.4, -0.2) is 38.7 Å². The van der Waals surface area contributed by atoms with Gasteiger partial charge in [0.05, 0.1) is 11.7 Å². The SMILES string of the molecule is O=C(/C=C/c1ccc([C@@H]2CCCN2CCc2cnn3ccccc23)cc1)NO. The number of carbonyl (C=O) groups excluding carboxylic acids is 1. The maximum Gasteiger partial charge on any atom is 0.267 e. The van der Waals surface area contributed by atoms with Crippen LogP contribution in [0.5, 0.6) is 0 Å². The maximum atomic E-state index is 11.1. The molecule has 6 heteroatoms. The van der Waals surface area contributed by atoms with Crippen LogP contribution in [0.25, 0.3) is 11.6 Å². The summed E-state index contributed by atoms with van der Waals surface area (Å²) in [6.07, 6.45) is 10.3. The summed E-state index contributed by atoms with van der Waals surface area (Å²) in [5.41, 5.74) is 6.30. The van der Waals surface area contributed by atoms with Crippen LogP contribution in [0.3, 0.4) is 0 Å². The van der Waals surface area contributed by atoms with Crippen molar-refractivity contribution < 1.29 is 10.0 Å². The first-order valence-electron chi connectivity index (χ1n) is 9.62. The molecule has 1 aromatic carbocycles. The van der Waals surface area contributed by atoms with E-state index in [4.69, 9.17) is 5.21 Å². The number of fused-ring (bicyclic) bond motifs is 1. The van der Waals surface area contributed by atoms with E-state index < -0.39 is 5.91 Å². The Kier molecular flexibility index (Phi) is 5.50. The average molecular weight is 376 g/mol. The Morgan fingerprint density at radius 2 is 2.11 bits per heavy atom. The van der Waals surface area contributed by atoms with Crippen molar-refractivity contribution in [1.82, 2.24) is 20.0 Å². The lowest BCUT2D eigenvalue weighted by atomic mass is 10.0. The molecule has 0 bridgehead atoms. The van der Waals surface area contributed by atoms with Gasteiger partial charge in [0.15, 0.2) is 0 Å². The van der Waals surface area contributed by atoms with Crippen LogP contribution >= 0.6 is 0 Å². The molecule has 2 aromatic heterocycles. The van der Waals surface area contributed by atoms with Gasteiger partial charge in [-0.05, 0) is 60.7 Å². The molecule has 2 N–H and O–H groups in total. The summed E-state index contributed by atoms with van der Waals surface area (Å²) >= 11 is 0. The molecule has 1 aliphatic heterocycles. The van der Waals surface area contributed by atoms with Gasteiger partial charge in [0.1, 0.15) is 0 Å². The molecular weight excluding hydrogens is 352 g/mol. The van der Waals surface area contributed by atoms with Gasteiger partial charge in [0.25, 0.3) is 5.91 Å². The fraction of sp³-hybridized carbons (Fsp3) is 0.273. The zero-order valence-corrected chi connectivity index (χ0v) is 15.7. The highest BCUT2D eigenvalue weighted by Gasteiger charge is 2.25. The molecule has 1 saturated heterocycles. The van der Waals surface area contributed by atoms with Crippen molar-refractivity contribution in [2.24, 2.45) is 0 Å². The van der Waals surface area contributed by atoms with E-state index in [1.165, 1.54) is 29.1 Å². The Morgan fingerprint density at radius 1 is 1.25 bits per heavy atom. The van der Waals surface area contributed by atoms with Gasteiger partial charge in [0, 0.05) is 24.9 Å². The number of nitrogens with one attached hydrogen (secondary N) is 1. The molecule has 3 heterocycles. The lowest BCUT2D eigenvalue weighted by Gasteiger charge is -2.24. The number of amides is 1. The molecular formula is C22H24N4O2. The lowest BCUT2D eigenvalue weighted by molar-refractivity contribution is -0.124. The molecule has 1 atom stereocenters. The van der Waals surface area contributed by atoms with Gasteiger partial charge >= 0.3 is 0 Å². The molecule has 0 unspecified atom stereocenters. The number of carbonyl (C=O) groups is 1. The van der Waals surface area contributed by atoms with E-state index in [1.54, 1.807) is 11.6 Å². The Hall–Kier alpha value is -2.96. The third-order valence-corrected chi connectivity index (χ3v) is 5.40. The normalized spacial score (nSPS) is 17.5. The summed E-state index contributed by atoms with van der Waals surface area (Å²) in [6.45, 7) is 2.13. The number of rotatable bonds is 6. The van der Waals surface area contributed by atoms with Crippen LogP contribution < -0.4 is 5.48 Å². The highest BCUT2D eigenvalue weighted by atomic mass is 16.5. The van der Waals surface area contributed by atoms with Crippen molar-refractivity contribution in [3.63, 3.8) is 0 Å². The fourth-order valence-electron chi connectivity index (χ4n) is 3.95. The zero-order valence-electron chi connectivity index (χ0n) is 15.7.